The van der Waals surface area contributed by atoms with Crippen molar-refractivity contribution in [3.63, 3.8) is 0 Å². The van der Waals surface area contributed by atoms with Gasteiger partial charge in [-0.25, -0.2) is 13.4 Å². The van der Waals surface area contributed by atoms with Crippen LogP contribution >= 0.6 is 22.0 Å². The van der Waals surface area contributed by atoms with E-state index in [2.05, 4.69) is 4.98 Å². The second kappa shape index (κ2) is 4.46. The molecule has 0 aromatic carbocycles. The molecule has 0 aliphatic carbocycles. The molecule has 0 saturated carbocycles. The molecule has 0 atom stereocenters. The highest BCUT2D eigenvalue weighted by Crippen LogP contribution is 2.21. The lowest BCUT2D eigenvalue weighted by Gasteiger charge is -2.05. The average molecular weight is 255 g/mol. The van der Waals surface area contributed by atoms with Gasteiger partial charge in [0.2, 0.25) is 9.05 Å². The van der Waals surface area contributed by atoms with Gasteiger partial charge in [-0.3, -0.25) is 0 Å². The number of rotatable bonds is 4. The Balaban J connectivity index is 2.61. The van der Waals surface area contributed by atoms with Gasteiger partial charge >= 0.3 is 0 Å². The smallest absolute Gasteiger partial charge is 0.232 e. The number of anilines is 1. The van der Waals surface area contributed by atoms with Crippen LogP contribution in [0.1, 0.15) is 4.88 Å². The summed E-state index contributed by atoms with van der Waals surface area (Å²) in [6.07, 6.45) is 2.11. The van der Waals surface area contributed by atoms with E-state index in [1.54, 1.807) is 6.20 Å². The van der Waals surface area contributed by atoms with E-state index in [0.29, 0.717) is 6.42 Å². The fourth-order valence-electron chi connectivity index (χ4n) is 0.842. The van der Waals surface area contributed by atoms with Gasteiger partial charge in [-0.05, 0) is 6.42 Å². The largest absolute Gasteiger partial charge is 0.354 e. The van der Waals surface area contributed by atoms with Crippen LogP contribution in [0.5, 0.6) is 0 Å². The summed E-state index contributed by atoms with van der Waals surface area (Å²) in [6, 6.07) is 0. The molecule has 0 fully saturated rings. The van der Waals surface area contributed by atoms with Crippen LogP contribution in [0, 0.1) is 0 Å². The second-order valence-corrected chi connectivity index (χ2v) is 6.99. The predicted octanol–water partition coefficient (Wildman–Crippen LogP) is 1.32. The topological polar surface area (TPSA) is 50.3 Å². The molecule has 1 aromatic rings. The lowest BCUT2D eigenvalue weighted by atomic mass is 10.4. The van der Waals surface area contributed by atoms with E-state index in [1.165, 1.54) is 11.3 Å². The quantitative estimate of drug-likeness (QED) is 0.761. The third kappa shape index (κ3) is 3.81. The predicted molar refractivity (Wildman–Crippen MR) is 59.8 cm³/mol. The van der Waals surface area contributed by atoms with Crippen LogP contribution in [0.15, 0.2) is 6.20 Å². The molecule has 80 valence electrons. The monoisotopic (exact) mass is 254 g/mol. The Kier molecular flexibility index (Phi) is 3.74. The molecule has 0 saturated heterocycles. The zero-order valence-electron chi connectivity index (χ0n) is 7.90. The summed E-state index contributed by atoms with van der Waals surface area (Å²) in [5.74, 6) is -0.0381. The summed E-state index contributed by atoms with van der Waals surface area (Å²) in [5.41, 5.74) is 0. The van der Waals surface area contributed by atoms with Crippen molar-refractivity contribution in [3.8, 4) is 0 Å². The van der Waals surface area contributed by atoms with Crippen molar-refractivity contribution in [3.05, 3.63) is 11.1 Å². The minimum atomic E-state index is -3.40. The van der Waals surface area contributed by atoms with Gasteiger partial charge < -0.3 is 4.90 Å². The number of aromatic nitrogens is 1. The SMILES string of the molecule is CN(C)c1ncc(CCS(=O)(=O)Cl)s1. The normalized spacial score (nSPS) is 11.6. The van der Waals surface area contributed by atoms with Gasteiger partial charge in [-0.2, -0.15) is 0 Å². The molecule has 1 rings (SSSR count). The average Bonchev–Trinajstić information content (AvgIpc) is 2.47. The summed E-state index contributed by atoms with van der Waals surface area (Å²) in [5, 5.41) is 0.868. The molecule has 0 aliphatic heterocycles. The standard InChI is InChI=1S/C7H11ClN2O2S2/c1-10(2)7-9-5-6(13-7)3-4-14(8,11)12/h5H,3-4H2,1-2H3. The van der Waals surface area contributed by atoms with Gasteiger partial charge in [0.25, 0.3) is 0 Å². The number of hydrogen-bond acceptors (Lipinski definition) is 5. The first kappa shape index (κ1) is 11.7. The van der Waals surface area contributed by atoms with E-state index in [4.69, 9.17) is 10.7 Å². The van der Waals surface area contributed by atoms with Crippen LogP contribution in [0.4, 0.5) is 5.13 Å². The van der Waals surface area contributed by atoms with E-state index in [-0.39, 0.29) is 5.75 Å². The highest BCUT2D eigenvalue weighted by atomic mass is 35.7. The van der Waals surface area contributed by atoms with Crippen LogP contribution in [-0.4, -0.2) is 33.2 Å². The van der Waals surface area contributed by atoms with E-state index < -0.39 is 9.05 Å². The van der Waals surface area contributed by atoms with Crippen molar-refractivity contribution < 1.29 is 8.42 Å². The van der Waals surface area contributed by atoms with Gasteiger partial charge in [-0.1, -0.05) is 0 Å². The van der Waals surface area contributed by atoms with Crippen molar-refractivity contribution in [2.75, 3.05) is 24.7 Å². The molecule has 0 N–H and O–H groups in total. The van der Waals surface area contributed by atoms with Gasteiger partial charge in [0, 0.05) is 35.9 Å². The first-order valence-corrected chi connectivity index (χ1v) is 7.22. The molecule has 0 bridgehead atoms. The number of thiazole rings is 1. The Hall–Kier alpha value is -0.330. The third-order valence-electron chi connectivity index (χ3n) is 1.52. The molecule has 0 amide bonds. The Labute approximate surface area is 91.9 Å². The van der Waals surface area contributed by atoms with Crippen molar-refractivity contribution in [2.24, 2.45) is 0 Å². The van der Waals surface area contributed by atoms with Crippen molar-refractivity contribution in [2.45, 2.75) is 6.42 Å². The highest BCUT2D eigenvalue weighted by Gasteiger charge is 2.08. The van der Waals surface area contributed by atoms with Gasteiger partial charge in [0.05, 0.1) is 5.75 Å². The number of halogens is 1. The summed E-state index contributed by atoms with van der Waals surface area (Å²) in [7, 11) is 5.48. The molecule has 0 aliphatic rings. The Bertz CT molecular complexity index is 400. The van der Waals surface area contributed by atoms with Crippen LogP contribution in [-0.2, 0) is 15.5 Å². The molecule has 14 heavy (non-hydrogen) atoms. The Morgan fingerprint density at radius 2 is 2.21 bits per heavy atom. The van der Waals surface area contributed by atoms with E-state index in [0.717, 1.165) is 10.0 Å². The number of hydrogen-bond donors (Lipinski definition) is 0. The third-order valence-corrected chi connectivity index (χ3v) is 3.90. The molecule has 4 nitrogen and oxygen atoms in total. The van der Waals surface area contributed by atoms with E-state index in [1.807, 2.05) is 19.0 Å². The minimum absolute atomic E-state index is 0.0381. The summed E-state index contributed by atoms with van der Waals surface area (Å²) < 4.78 is 21.4. The molecular weight excluding hydrogens is 244 g/mol. The Morgan fingerprint density at radius 3 is 2.64 bits per heavy atom. The van der Waals surface area contributed by atoms with Gasteiger partial charge in [0.15, 0.2) is 5.13 Å². The van der Waals surface area contributed by atoms with Crippen LogP contribution < -0.4 is 4.90 Å². The van der Waals surface area contributed by atoms with Gasteiger partial charge in [0.1, 0.15) is 0 Å². The first-order valence-electron chi connectivity index (χ1n) is 3.93. The maximum absolute atomic E-state index is 10.7. The molecule has 7 heteroatoms. The fourth-order valence-corrected chi connectivity index (χ4v) is 2.50. The van der Waals surface area contributed by atoms with Crippen LogP contribution in [0.25, 0.3) is 0 Å². The van der Waals surface area contributed by atoms with E-state index >= 15 is 0 Å². The maximum Gasteiger partial charge on any atom is 0.232 e. The summed E-state index contributed by atoms with van der Waals surface area (Å²) >= 11 is 1.47. The minimum Gasteiger partial charge on any atom is -0.354 e. The van der Waals surface area contributed by atoms with Crippen molar-refractivity contribution in [1.82, 2.24) is 4.98 Å². The van der Waals surface area contributed by atoms with Crippen molar-refractivity contribution in [1.29, 1.82) is 0 Å². The molecule has 0 spiro atoms. The molecule has 0 radical (unpaired) electrons. The first-order chi connectivity index (χ1) is 6.38. The maximum atomic E-state index is 10.7. The molecule has 0 unspecified atom stereocenters. The fraction of sp³-hybridized carbons (Fsp3) is 0.571. The summed E-state index contributed by atoms with van der Waals surface area (Å²) in [6.45, 7) is 0. The molecule has 1 aromatic heterocycles. The zero-order chi connectivity index (χ0) is 10.8. The second-order valence-electron chi connectivity index (χ2n) is 3.00. The number of nitrogens with zero attached hydrogens (tertiary/aromatic N) is 2. The lowest BCUT2D eigenvalue weighted by Crippen LogP contribution is -2.07. The molecular formula is C7H11ClN2O2S2. The van der Waals surface area contributed by atoms with Crippen LogP contribution in [0.3, 0.4) is 0 Å². The summed E-state index contributed by atoms with van der Waals surface area (Å²) in [4.78, 5) is 6.93. The van der Waals surface area contributed by atoms with Crippen molar-refractivity contribution >= 4 is 36.2 Å². The van der Waals surface area contributed by atoms with Crippen LogP contribution in [0.2, 0.25) is 0 Å². The number of aryl methyl sites for hydroxylation is 1. The Morgan fingerprint density at radius 1 is 1.57 bits per heavy atom. The zero-order valence-corrected chi connectivity index (χ0v) is 10.3. The molecule has 1 heterocycles. The highest BCUT2D eigenvalue weighted by molar-refractivity contribution is 8.13. The van der Waals surface area contributed by atoms with E-state index in [9.17, 15) is 8.42 Å². The lowest BCUT2D eigenvalue weighted by molar-refractivity contribution is 0.609. The van der Waals surface area contributed by atoms with Gasteiger partial charge in [-0.15, -0.1) is 11.3 Å².